The van der Waals surface area contributed by atoms with Crippen LogP contribution < -0.4 is 10.9 Å². The summed E-state index contributed by atoms with van der Waals surface area (Å²) in [6.07, 6.45) is 5.21. The van der Waals surface area contributed by atoms with Gasteiger partial charge in [-0.05, 0) is 26.0 Å². The monoisotopic (exact) mass is 232 g/mol. The Kier molecular flexibility index (Phi) is 2.99. The summed E-state index contributed by atoms with van der Waals surface area (Å²) >= 11 is 0. The second-order valence-corrected chi connectivity index (χ2v) is 4.27. The standard InChI is InChI=1S/C12H16N4O/c1-9(2)14-11-5-4-6-16(12(11)17)10-7-13-15(3)8-10/h4-9,14H,1-3H3. The Morgan fingerprint density at radius 2 is 2.18 bits per heavy atom. The van der Waals surface area contributed by atoms with Crippen molar-refractivity contribution in [2.75, 3.05) is 5.32 Å². The second-order valence-electron chi connectivity index (χ2n) is 4.27. The highest BCUT2D eigenvalue weighted by atomic mass is 16.1. The van der Waals surface area contributed by atoms with Crippen molar-refractivity contribution in [2.24, 2.45) is 7.05 Å². The van der Waals surface area contributed by atoms with Crippen molar-refractivity contribution in [3.63, 3.8) is 0 Å². The normalized spacial score (nSPS) is 10.8. The minimum Gasteiger partial charge on any atom is -0.378 e. The first kappa shape index (κ1) is 11.4. The third kappa shape index (κ3) is 2.38. The fourth-order valence-corrected chi connectivity index (χ4v) is 1.65. The molecule has 0 aliphatic carbocycles. The van der Waals surface area contributed by atoms with E-state index < -0.39 is 0 Å². The van der Waals surface area contributed by atoms with Crippen molar-refractivity contribution in [3.05, 3.63) is 41.1 Å². The van der Waals surface area contributed by atoms with Crippen molar-refractivity contribution in [2.45, 2.75) is 19.9 Å². The molecule has 0 amide bonds. The third-order valence-corrected chi connectivity index (χ3v) is 2.36. The molecule has 0 unspecified atom stereocenters. The van der Waals surface area contributed by atoms with Gasteiger partial charge in [0.1, 0.15) is 5.69 Å². The number of nitrogens with one attached hydrogen (secondary N) is 1. The van der Waals surface area contributed by atoms with Crippen LogP contribution in [-0.4, -0.2) is 20.4 Å². The lowest BCUT2D eigenvalue weighted by molar-refractivity contribution is 0.767. The molecule has 0 saturated carbocycles. The van der Waals surface area contributed by atoms with E-state index in [0.29, 0.717) is 5.69 Å². The number of anilines is 1. The molecule has 0 atom stereocenters. The molecule has 5 heteroatoms. The highest BCUT2D eigenvalue weighted by Gasteiger charge is 2.06. The molecule has 0 saturated heterocycles. The highest BCUT2D eigenvalue weighted by Crippen LogP contribution is 2.06. The molecule has 17 heavy (non-hydrogen) atoms. The highest BCUT2D eigenvalue weighted by molar-refractivity contribution is 5.43. The molecular formula is C12H16N4O. The summed E-state index contributed by atoms with van der Waals surface area (Å²) in [7, 11) is 1.82. The van der Waals surface area contributed by atoms with E-state index in [1.54, 1.807) is 33.9 Å². The average Bonchev–Trinajstić information content (AvgIpc) is 2.67. The predicted molar refractivity (Wildman–Crippen MR) is 67.6 cm³/mol. The van der Waals surface area contributed by atoms with Crippen molar-refractivity contribution in [3.8, 4) is 5.69 Å². The Hall–Kier alpha value is -2.04. The van der Waals surface area contributed by atoms with Gasteiger partial charge in [0.25, 0.3) is 5.56 Å². The summed E-state index contributed by atoms with van der Waals surface area (Å²) in [6, 6.07) is 3.86. The van der Waals surface area contributed by atoms with Crippen LogP contribution in [0.3, 0.4) is 0 Å². The summed E-state index contributed by atoms with van der Waals surface area (Å²) in [5, 5.41) is 7.19. The molecule has 0 bridgehead atoms. The van der Waals surface area contributed by atoms with Crippen LogP contribution in [0.4, 0.5) is 5.69 Å². The van der Waals surface area contributed by atoms with Gasteiger partial charge in [0.15, 0.2) is 0 Å². The quantitative estimate of drug-likeness (QED) is 0.870. The number of rotatable bonds is 3. The van der Waals surface area contributed by atoms with Gasteiger partial charge in [-0.1, -0.05) is 0 Å². The first-order chi connectivity index (χ1) is 8.08. The van der Waals surface area contributed by atoms with Gasteiger partial charge >= 0.3 is 0 Å². The predicted octanol–water partition coefficient (Wildman–Crippen LogP) is 1.39. The van der Waals surface area contributed by atoms with Crippen molar-refractivity contribution in [1.29, 1.82) is 0 Å². The van der Waals surface area contributed by atoms with Gasteiger partial charge in [-0.2, -0.15) is 5.10 Å². The molecular weight excluding hydrogens is 216 g/mol. The summed E-state index contributed by atoms with van der Waals surface area (Å²) in [4.78, 5) is 12.2. The zero-order valence-electron chi connectivity index (χ0n) is 10.2. The number of hydrogen-bond donors (Lipinski definition) is 1. The lowest BCUT2D eigenvalue weighted by Crippen LogP contribution is -2.24. The molecule has 2 aromatic heterocycles. The van der Waals surface area contributed by atoms with Crippen LogP contribution in [0.15, 0.2) is 35.5 Å². The Labute approximate surface area is 99.7 Å². The summed E-state index contributed by atoms with van der Waals surface area (Å²) in [6.45, 7) is 4.00. The SMILES string of the molecule is CC(C)Nc1cccn(-c2cnn(C)c2)c1=O. The molecule has 0 aromatic carbocycles. The second kappa shape index (κ2) is 4.45. The fourth-order valence-electron chi connectivity index (χ4n) is 1.65. The van der Waals surface area contributed by atoms with E-state index in [1.807, 2.05) is 27.0 Å². The summed E-state index contributed by atoms with van der Waals surface area (Å²) in [5.74, 6) is 0. The zero-order valence-corrected chi connectivity index (χ0v) is 10.2. The number of hydrogen-bond acceptors (Lipinski definition) is 3. The number of pyridine rings is 1. The van der Waals surface area contributed by atoms with Gasteiger partial charge in [0.05, 0.1) is 11.9 Å². The molecule has 2 heterocycles. The zero-order chi connectivity index (χ0) is 12.4. The van der Waals surface area contributed by atoms with Crippen LogP contribution in [0.1, 0.15) is 13.8 Å². The molecule has 0 aliphatic rings. The Balaban J connectivity index is 2.46. The maximum atomic E-state index is 12.2. The smallest absolute Gasteiger partial charge is 0.278 e. The fraction of sp³-hybridized carbons (Fsp3) is 0.333. The molecule has 1 N–H and O–H groups in total. The number of aromatic nitrogens is 3. The molecule has 0 radical (unpaired) electrons. The molecule has 5 nitrogen and oxygen atoms in total. The Bertz CT molecular complexity index is 568. The van der Waals surface area contributed by atoms with Gasteiger partial charge in [-0.3, -0.25) is 14.0 Å². The molecule has 0 aliphatic heterocycles. The average molecular weight is 232 g/mol. The van der Waals surface area contributed by atoms with Crippen LogP contribution in [0.5, 0.6) is 0 Å². The van der Waals surface area contributed by atoms with Gasteiger partial charge in [-0.15, -0.1) is 0 Å². The van der Waals surface area contributed by atoms with E-state index in [1.165, 1.54) is 0 Å². The molecule has 0 fully saturated rings. The van der Waals surface area contributed by atoms with Gasteiger partial charge in [0.2, 0.25) is 0 Å². The van der Waals surface area contributed by atoms with E-state index in [0.717, 1.165) is 5.69 Å². The van der Waals surface area contributed by atoms with Gasteiger partial charge in [-0.25, -0.2) is 0 Å². The summed E-state index contributed by atoms with van der Waals surface area (Å²) in [5.41, 5.74) is 1.31. The number of aryl methyl sites for hydroxylation is 1. The minimum atomic E-state index is -0.0609. The van der Waals surface area contributed by atoms with Crippen LogP contribution in [0.2, 0.25) is 0 Å². The first-order valence-electron chi connectivity index (χ1n) is 5.55. The lowest BCUT2D eigenvalue weighted by Gasteiger charge is -2.10. The Morgan fingerprint density at radius 1 is 1.41 bits per heavy atom. The molecule has 90 valence electrons. The van der Waals surface area contributed by atoms with E-state index >= 15 is 0 Å². The van der Waals surface area contributed by atoms with E-state index in [4.69, 9.17) is 0 Å². The van der Waals surface area contributed by atoms with Crippen LogP contribution >= 0.6 is 0 Å². The van der Waals surface area contributed by atoms with Crippen molar-refractivity contribution < 1.29 is 0 Å². The maximum Gasteiger partial charge on any atom is 0.278 e. The topological polar surface area (TPSA) is 51.9 Å². The van der Waals surface area contributed by atoms with Crippen molar-refractivity contribution in [1.82, 2.24) is 14.3 Å². The van der Waals surface area contributed by atoms with Crippen molar-refractivity contribution >= 4 is 5.69 Å². The van der Waals surface area contributed by atoms with E-state index in [-0.39, 0.29) is 11.6 Å². The largest absolute Gasteiger partial charge is 0.378 e. The third-order valence-electron chi connectivity index (χ3n) is 2.36. The maximum absolute atomic E-state index is 12.2. The first-order valence-corrected chi connectivity index (χ1v) is 5.55. The van der Waals surface area contributed by atoms with Gasteiger partial charge < -0.3 is 5.32 Å². The summed E-state index contributed by atoms with van der Waals surface area (Å²) < 4.78 is 3.25. The Morgan fingerprint density at radius 3 is 2.76 bits per heavy atom. The number of nitrogens with zero attached hydrogens (tertiary/aromatic N) is 3. The lowest BCUT2D eigenvalue weighted by atomic mass is 10.3. The van der Waals surface area contributed by atoms with Gasteiger partial charge in [0, 0.05) is 25.5 Å². The van der Waals surface area contributed by atoms with Crippen LogP contribution in [-0.2, 0) is 7.05 Å². The van der Waals surface area contributed by atoms with E-state index in [9.17, 15) is 4.79 Å². The van der Waals surface area contributed by atoms with Crippen LogP contribution in [0.25, 0.3) is 5.69 Å². The van der Waals surface area contributed by atoms with Crippen LogP contribution in [0, 0.1) is 0 Å². The molecule has 0 spiro atoms. The minimum absolute atomic E-state index is 0.0609. The van der Waals surface area contributed by atoms with E-state index in [2.05, 4.69) is 10.4 Å². The molecule has 2 aromatic rings. The molecule has 2 rings (SSSR count).